The topological polar surface area (TPSA) is 96.7 Å². The molecule has 0 amide bonds. The van der Waals surface area contributed by atoms with Crippen LogP contribution in [0.25, 0.3) is 0 Å². The number of anilines is 1. The molecule has 0 atom stereocenters. The van der Waals surface area contributed by atoms with Crippen LogP contribution >= 0.6 is 11.6 Å². The van der Waals surface area contributed by atoms with Crippen LogP contribution in [0.1, 0.15) is 5.82 Å². The molecule has 18 heavy (non-hydrogen) atoms. The van der Waals surface area contributed by atoms with Crippen LogP contribution in [-0.2, 0) is 6.42 Å². The Morgan fingerprint density at radius 2 is 2.33 bits per heavy atom. The fourth-order valence-corrected chi connectivity index (χ4v) is 1.59. The molecular formula is C10H10ClN5O2. The Bertz CT molecular complexity index is 543. The van der Waals surface area contributed by atoms with E-state index < -0.39 is 4.92 Å². The number of hydrogen-bond donors (Lipinski definition) is 2. The van der Waals surface area contributed by atoms with Crippen LogP contribution in [0, 0.1) is 10.1 Å². The first-order valence-electron chi connectivity index (χ1n) is 5.20. The van der Waals surface area contributed by atoms with Crippen molar-refractivity contribution in [2.24, 2.45) is 0 Å². The molecule has 2 rings (SSSR count). The van der Waals surface area contributed by atoms with Crippen molar-refractivity contribution in [3.05, 3.63) is 45.6 Å². The van der Waals surface area contributed by atoms with Gasteiger partial charge in [0.15, 0.2) is 0 Å². The van der Waals surface area contributed by atoms with Gasteiger partial charge in [0.1, 0.15) is 11.0 Å². The van der Waals surface area contributed by atoms with E-state index in [1.165, 1.54) is 12.1 Å². The summed E-state index contributed by atoms with van der Waals surface area (Å²) >= 11 is 5.71. The lowest BCUT2D eigenvalue weighted by molar-refractivity contribution is -0.384. The number of halogens is 1. The summed E-state index contributed by atoms with van der Waals surface area (Å²) in [5, 5.41) is 13.9. The van der Waals surface area contributed by atoms with Crippen LogP contribution in [-0.4, -0.2) is 26.4 Å². The SMILES string of the molecule is O=[N+]([O-])c1ccc(Cl)nc1NCCc1ncc[nH]1. The van der Waals surface area contributed by atoms with Crippen molar-refractivity contribution in [3.8, 4) is 0 Å². The lowest BCUT2D eigenvalue weighted by Gasteiger charge is -2.05. The van der Waals surface area contributed by atoms with Gasteiger partial charge in [0.2, 0.25) is 5.82 Å². The highest BCUT2D eigenvalue weighted by Crippen LogP contribution is 2.23. The van der Waals surface area contributed by atoms with Crippen molar-refractivity contribution in [2.75, 3.05) is 11.9 Å². The van der Waals surface area contributed by atoms with E-state index in [4.69, 9.17) is 11.6 Å². The summed E-state index contributed by atoms with van der Waals surface area (Å²) in [5.41, 5.74) is -0.0983. The van der Waals surface area contributed by atoms with Crippen LogP contribution in [0.4, 0.5) is 11.5 Å². The van der Waals surface area contributed by atoms with Gasteiger partial charge in [-0.05, 0) is 6.07 Å². The highest BCUT2D eigenvalue weighted by molar-refractivity contribution is 6.29. The predicted octanol–water partition coefficient (Wildman–Crippen LogP) is 2.02. The molecule has 0 saturated carbocycles. The highest BCUT2D eigenvalue weighted by Gasteiger charge is 2.15. The van der Waals surface area contributed by atoms with Crippen LogP contribution in [0.2, 0.25) is 5.15 Å². The van der Waals surface area contributed by atoms with E-state index >= 15 is 0 Å². The summed E-state index contributed by atoms with van der Waals surface area (Å²) in [6.07, 6.45) is 3.98. The molecule has 2 aromatic heterocycles. The molecule has 0 aliphatic rings. The number of H-pyrrole nitrogens is 1. The van der Waals surface area contributed by atoms with Crippen molar-refractivity contribution in [1.82, 2.24) is 15.0 Å². The van der Waals surface area contributed by atoms with Crippen molar-refractivity contribution in [2.45, 2.75) is 6.42 Å². The van der Waals surface area contributed by atoms with Gasteiger partial charge in [0.05, 0.1) is 4.92 Å². The van der Waals surface area contributed by atoms with Gasteiger partial charge in [-0.25, -0.2) is 9.97 Å². The fourth-order valence-electron chi connectivity index (χ4n) is 1.44. The molecular weight excluding hydrogens is 258 g/mol. The average molecular weight is 268 g/mol. The first-order valence-corrected chi connectivity index (χ1v) is 5.57. The molecule has 94 valence electrons. The van der Waals surface area contributed by atoms with Crippen LogP contribution in [0.15, 0.2) is 24.5 Å². The molecule has 0 fully saturated rings. The van der Waals surface area contributed by atoms with E-state index in [2.05, 4.69) is 20.3 Å². The zero-order valence-corrected chi connectivity index (χ0v) is 10.0. The molecule has 0 spiro atoms. The minimum Gasteiger partial charge on any atom is -0.364 e. The molecule has 2 N–H and O–H groups in total. The van der Waals surface area contributed by atoms with Gasteiger partial charge in [-0.15, -0.1) is 0 Å². The normalized spacial score (nSPS) is 10.3. The molecule has 2 aromatic rings. The van der Waals surface area contributed by atoms with Gasteiger partial charge < -0.3 is 10.3 Å². The van der Waals surface area contributed by atoms with Crippen LogP contribution < -0.4 is 5.32 Å². The van der Waals surface area contributed by atoms with Gasteiger partial charge in [0.25, 0.3) is 0 Å². The third-order valence-corrected chi connectivity index (χ3v) is 2.46. The molecule has 0 unspecified atom stereocenters. The Labute approximate surface area is 107 Å². The van der Waals surface area contributed by atoms with Crippen molar-refractivity contribution < 1.29 is 4.92 Å². The van der Waals surface area contributed by atoms with Gasteiger partial charge in [-0.2, -0.15) is 0 Å². The van der Waals surface area contributed by atoms with Gasteiger partial charge in [0, 0.05) is 31.4 Å². The molecule has 7 nitrogen and oxygen atoms in total. The maximum atomic E-state index is 10.8. The van der Waals surface area contributed by atoms with E-state index in [1.807, 2.05) is 0 Å². The summed E-state index contributed by atoms with van der Waals surface area (Å²) in [6, 6.07) is 2.71. The van der Waals surface area contributed by atoms with Crippen LogP contribution in [0.3, 0.4) is 0 Å². The minimum atomic E-state index is -0.501. The number of hydrogen-bond acceptors (Lipinski definition) is 5. The number of aromatic nitrogens is 3. The second-order valence-electron chi connectivity index (χ2n) is 3.47. The zero-order valence-electron chi connectivity index (χ0n) is 9.26. The number of aromatic amines is 1. The molecule has 0 aliphatic carbocycles. The Morgan fingerprint density at radius 3 is 3.00 bits per heavy atom. The van der Waals surface area contributed by atoms with E-state index in [-0.39, 0.29) is 16.7 Å². The molecule has 2 heterocycles. The summed E-state index contributed by atoms with van der Waals surface area (Å²) in [5.74, 6) is 0.964. The van der Waals surface area contributed by atoms with Crippen molar-refractivity contribution >= 4 is 23.1 Å². The maximum Gasteiger partial charge on any atom is 0.311 e. The second-order valence-corrected chi connectivity index (χ2v) is 3.86. The number of nitro groups is 1. The van der Waals surface area contributed by atoms with E-state index in [0.717, 1.165) is 5.82 Å². The first-order chi connectivity index (χ1) is 8.66. The van der Waals surface area contributed by atoms with E-state index in [0.29, 0.717) is 13.0 Å². The van der Waals surface area contributed by atoms with Crippen LogP contribution in [0.5, 0.6) is 0 Å². The Morgan fingerprint density at radius 1 is 1.50 bits per heavy atom. The maximum absolute atomic E-state index is 10.8. The van der Waals surface area contributed by atoms with Gasteiger partial charge in [-0.3, -0.25) is 10.1 Å². The fraction of sp³-hybridized carbons (Fsp3) is 0.200. The van der Waals surface area contributed by atoms with Gasteiger partial charge in [-0.1, -0.05) is 11.6 Å². The lowest BCUT2D eigenvalue weighted by Crippen LogP contribution is -2.09. The number of nitrogens with one attached hydrogen (secondary N) is 2. The second kappa shape index (κ2) is 5.46. The Kier molecular flexibility index (Phi) is 3.73. The number of rotatable bonds is 5. The Hall–Kier alpha value is -2.15. The first kappa shape index (κ1) is 12.3. The van der Waals surface area contributed by atoms with Crippen molar-refractivity contribution in [3.63, 3.8) is 0 Å². The zero-order chi connectivity index (χ0) is 13.0. The standard InChI is InChI=1S/C10H10ClN5O2/c11-8-2-1-7(16(17)18)10(15-8)14-4-3-9-12-5-6-13-9/h1-2,5-6H,3-4H2,(H,12,13)(H,14,15). The van der Waals surface area contributed by atoms with Gasteiger partial charge >= 0.3 is 5.69 Å². The Balaban J connectivity index is 2.03. The average Bonchev–Trinajstić information content (AvgIpc) is 2.82. The summed E-state index contributed by atoms with van der Waals surface area (Å²) in [7, 11) is 0. The summed E-state index contributed by atoms with van der Waals surface area (Å²) in [4.78, 5) is 21.2. The highest BCUT2D eigenvalue weighted by atomic mass is 35.5. The third kappa shape index (κ3) is 2.95. The minimum absolute atomic E-state index is 0.0983. The molecule has 0 saturated heterocycles. The summed E-state index contributed by atoms with van der Waals surface area (Å²) in [6.45, 7) is 0.474. The van der Waals surface area contributed by atoms with E-state index in [1.54, 1.807) is 12.4 Å². The number of nitrogens with zero attached hydrogens (tertiary/aromatic N) is 3. The number of pyridine rings is 1. The molecule has 8 heteroatoms. The molecule has 0 aliphatic heterocycles. The third-order valence-electron chi connectivity index (χ3n) is 2.25. The largest absolute Gasteiger partial charge is 0.364 e. The van der Waals surface area contributed by atoms with E-state index in [9.17, 15) is 10.1 Å². The predicted molar refractivity (Wildman–Crippen MR) is 66.7 cm³/mol. The smallest absolute Gasteiger partial charge is 0.311 e. The van der Waals surface area contributed by atoms with Crippen molar-refractivity contribution in [1.29, 1.82) is 0 Å². The quantitative estimate of drug-likeness (QED) is 0.491. The monoisotopic (exact) mass is 267 g/mol. The molecule has 0 radical (unpaired) electrons. The summed E-state index contributed by atoms with van der Waals surface area (Å²) < 4.78 is 0. The number of imidazole rings is 1. The molecule has 0 bridgehead atoms. The lowest BCUT2D eigenvalue weighted by atomic mass is 10.3. The molecule has 0 aromatic carbocycles.